The molecule has 0 radical (unpaired) electrons. The molecule has 152 valence electrons. The van der Waals surface area contributed by atoms with Crippen LogP contribution in [0.4, 0.5) is 0 Å². The Morgan fingerprint density at radius 2 is 1.71 bits per heavy atom. The van der Waals surface area contributed by atoms with Crippen molar-refractivity contribution in [2.75, 3.05) is 27.4 Å². The number of benzene rings is 2. The second kappa shape index (κ2) is 9.94. The SMILES string of the molecule is CCCCc1ccc(C[C@H]2COC(c3ccc(OC)c(OC)c3)[C@H]2CO)cc1. The molecule has 3 atom stereocenters. The predicted octanol–water partition coefficient (Wildman–Crippen LogP) is 4.59. The summed E-state index contributed by atoms with van der Waals surface area (Å²) in [5.41, 5.74) is 3.73. The van der Waals surface area contributed by atoms with Gasteiger partial charge in [0, 0.05) is 12.5 Å². The molecule has 1 fully saturated rings. The molecule has 0 aliphatic carbocycles. The molecule has 1 heterocycles. The Morgan fingerprint density at radius 3 is 2.36 bits per heavy atom. The summed E-state index contributed by atoms with van der Waals surface area (Å²) >= 11 is 0. The Hall–Kier alpha value is -2.04. The number of aliphatic hydroxyl groups is 1. The molecule has 1 N–H and O–H groups in total. The largest absolute Gasteiger partial charge is 0.493 e. The summed E-state index contributed by atoms with van der Waals surface area (Å²) in [5, 5.41) is 10.1. The van der Waals surface area contributed by atoms with Crippen LogP contribution in [0.15, 0.2) is 42.5 Å². The molecular formula is C24H32O4. The number of aryl methyl sites for hydroxylation is 1. The van der Waals surface area contributed by atoms with Crippen LogP contribution in [0.5, 0.6) is 11.5 Å². The van der Waals surface area contributed by atoms with E-state index in [4.69, 9.17) is 14.2 Å². The van der Waals surface area contributed by atoms with Gasteiger partial charge in [0.15, 0.2) is 11.5 Å². The third-order valence-electron chi connectivity index (χ3n) is 5.77. The van der Waals surface area contributed by atoms with E-state index in [1.807, 2.05) is 18.2 Å². The van der Waals surface area contributed by atoms with Gasteiger partial charge >= 0.3 is 0 Å². The fraction of sp³-hybridized carbons (Fsp3) is 0.500. The van der Waals surface area contributed by atoms with E-state index >= 15 is 0 Å². The average molecular weight is 385 g/mol. The highest BCUT2D eigenvalue weighted by molar-refractivity contribution is 5.44. The highest BCUT2D eigenvalue weighted by Crippen LogP contribution is 2.42. The van der Waals surface area contributed by atoms with Crippen LogP contribution in [0.25, 0.3) is 0 Å². The lowest BCUT2D eigenvalue weighted by Gasteiger charge is -2.22. The smallest absolute Gasteiger partial charge is 0.161 e. The topological polar surface area (TPSA) is 47.9 Å². The number of hydrogen-bond donors (Lipinski definition) is 1. The molecule has 1 aliphatic heterocycles. The predicted molar refractivity (Wildman–Crippen MR) is 111 cm³/mol. The Bertz CT molecular complexity index is 741. The minimum atomic E-state index is -0.126. The van der Waals surface area contributed by atoms with Crippen LogP contribution in [0.1, 0.15) is 42.6 Å². The van der Waals surface area contributed by atoms with E-state index in [-0.39, 0.29) is 18.6 Å². The van der Waals surface area contributed by atoms with E-state index in [2.05, 4.69) is 31.2 Å². The van der Waals surface area contributed by atoms with Crippen molar-refractivity contribution in [3.8, 4) is 11.5 Å². The Balaban J connectivity index is 1.70. The maximum atomic E-state index is 10.1. The molecule has 0 saturated carbocycles. The van der Waals surface area contributed by atoms with Gasteiger partial charge in [0.05, 0.1) is 26.9 Å². The third-order valence-corrected chi connectivity index (χ3v) is 5.77. The van der Waals surface area contributed by atoms with Gasteiger partial charge in [0.1, 0.15) is 0 Å². The summed E-state index contributed by atoms with van der Waals surface area (Å²) in [5.74, 6) is 1.75. The monoisotopic (exact) mass is 384 g/mol. The van der Waals surface area contributed by atoms with Crippen LogP contribution in [0.3, 0.4) is 0 Å². The van der Waals surface area contributed by atoms with E-state index in [9.17, 15) is 5.11 Å². The van der Waals surface area contributed by atoms with Crippen molar-refractivity contribution in [3.05, 3.63) is 59.2 Å². The summed E-state index contributed by atoms with van der Waals surface area (Å²) in [4.78, 5) is 0. The van der Waals surface area contributed by atoms with Crippen molar-refractivity contribution in [1.29, 1.82) is 0 Å². The van der Waals surface area contributed by atoms with Gasteiger partial charge in [0.25, 0.3) is 0 Å². The summed E-state index contributed by atoms with van der Waals surface area (Å²) in [7, 11) is 3.26. The van der Waals surface area contributed by atoms with Crippen molar-refractivity contribution < 1.29 is 19.3 Å². The number of unbranched alkanes of at least 4 members (excludes halogenated alkanes) is 1. The summed E-state index contributed by atoms with van der Waals surface area (Å²) in [6.45, 7) is 2.98. The van der Waals surface area contributed by atoms with Crippen LogP contribution >= 0.6 is 0 Å². The van der Waals surface area contributed by atoms with E-state index in [1.165, 1.54) is 24.0 Å². The van der Waals surface area contributed by atoms with Gasteiger partial charge in [-0.3, -0.25) is 0 Å². The minimum absolute atomic E-state index is 0.0675. The van der Waals surface area contributed by atoms with Gasteiger partial charge in [-0.25, -0.2) is 0 Å². The molecule has 4 nitrogen and oxygen atoms in total. The van der Waals surface area contributed by atoms with Crippen molar-refractivity contribution in [1.82, 2.24) is 0 Å². The quantitative estimate of drug-likeness (QED) is 0.687. The molecule has 0 bridgehead atoms. The van der Waals surface area contributed by atoms with E-state index < -0.39 is 0 Å². The minimum Gasteiger partial charge on any atom is -0.493 e. The van der Waals surface area contributed by atoms with Gasteiger partial charge < -0.3 is 19.3 Å². The lowest BCUT2D eigenvalue weighted by molar-refractivity contribution is 0.0717. The number of hydrogen-bond acceptors (Lipinski definition) is 4. The van der Waals surface area contributed by atoms with Crippen molar-refractivity contribution in [2.45, 2.75) is 38.7 Å². The number of methoxy groups -OCH3 is 2. The number of aliphatic hydroxyl groups excluding tert-OH is 1. The number of rotatable bonds is 9. The standard InChI is InChI=1S/C24H32O4/c1-4-5-6-17-7-9-18(10-8-17)13-20-16-28-24(21(20)15-25)19-11-12-22(26-2)23(14-19)27-3/h7-12,14,20-21,24-25H,4-6,13,15-16H2,1-3H3/t20-,21-,24?/m0/s1. The Kier molecular flexibility index (Phi) is 7.35. The first-order chi connectivity index (χ1) is 13.7. The molecule has 1 unspecified atom stereocenters. The highest BCUT2D eigenvalue weighted by atomic mass is 16.5. The first kappa shape index (κ1) is 20.7. The molecule has 2 aromatic rings. The van der Waals surface area contributed by atoms with Crippen molar-refractivity contribution >= 4 is 0 Å². The molecule has 1 aliphatic rings. The molecule has 1 saturated heterocycles. The molecule has 28 heavy (non-hydrogen) atoms. The van der Waals surface area contributed by atoms with E-state index in [0.717, 1.165) is 18.4 Å². The van der Waals surface area contributed by atoms with Gasteiger partial charge in [-0.05, 0) is 54.0 Å². The molecule has 0 amide bonds. The Morgan fingerprint density at radius 1 is 1.00 bits per heavy atom. The third kappa shape index (κ3) is 4.68. The summed E-state index contributed by atoms with van der Waals surface area (Å²) < 4.78 is 16.9. The average Bonchev–Trinajstić information content (AvgIpc) is 3.15. The van der Waals surface area contributed by atoms with E-state index in [1.54, 1.807) is 14.2 Å². The lowest BCUT2D eigenvalue weighted by Crippen LogP contribution is -2.21. The fourth-order valence-electron chi connectivity index (χ4n) is 4.08. The summed E-state index contributed by atoms with van der Waals surface area (Å²) in [6, 6.07) is 14.8. The van der Waals surface area contributed by atoms with Crippen LogP contribution in [-0.2, 0) is 17.6 Å². The van der Waals surface area contributed by atoms with Crippen molar-refractivity contribution in [2.24, 2.45) is 11.8 Å². The molecular weight excluding hydrogens is 352 g/mol. The second-order valence-electron chi connectivity index (χ2n) is 7.60. The normalized spacial score (nSPS) is 21.6. The van der Waals surface area contributed by atoms with Gasteiger partial charge in [0.2, 0.25) is 0 Å². The van der Waals surface area contributed by atoms with Crippen molar-refractivity contribution in [3.63, 3.8) is 0 Å². The maximum absolute atomic E-state index is 10.1. The molecule has 4 heteroatoms. The van der Waals surface area contributed by atoms with E-state index in [0.29, 0.717) is 24.0 Å². The number of ether oxygens (including phenoxy) is 3. The zero-order valence-corrected chi connectivity index (χ0v) is 17.2. The zero-order valence-electron chi connectivity index (χ0n) is 17.2. The van der Waals surface area contributed by atoms with Gasteiger partial charge in [-0.1, -0.05) is 43.7 Å². The molecule has 2 aromatic carbocycles. The second-order valence-corrected chi connectivity index (χ2v) is 7.60. The maximum Gasteiger partial charge on any atom is 0.161 e. The van der Waals surface area contributed by atoms with Gasteiger partial charge in [-0.15, -0.1) is 0 Å². The lowest BCUT2D eigenvalue weighted by atomic mass is 9.84. The first-order valence-electron chi connectivity index (χ1n) is 10.2. The molecule has 3 rings (SSSR count). The fourth-order valence-corrected chi connectivity index (χ4v) is 4.08. The van der Waals surface area contributed by atoms with Crippen LogP contribution in [-0.4, -0.2) is 32.5 Å². The molecule has 0 aromatic heterocycles. The molecule has 0 spiro atoms. The van der Waals surface area contributed by atoms with Crippen LogP contribution in [0, 0.1) is 11.8 Å². The van der Waals surface area contributed by atoms with Crippen LogP contribution in [0.2, 0.25) is 0 Å². The van der Waals surface area contributed by atoms with Gasteiger partial charge in [-0.2, -0.15) is 0 Å². The van der Waals surface area contributed by atoms with Crippen LogP contribution < -0.4 is 9.47 Å². The highest BCUT2D eigenvalue weighted by Gasteiger charge is 2.38. The zero-order chi connectivity index (χ0) is 19.9. The first-order valence-corrected chi connectivity index (χ1v) is 10.2. The summed E-state index contributed by atoms with van der Waals surface area (Å²) in [6.07, 6.45) is 4.39. The Labute approximate surface area is 168 Å².